The summed E-state index contributed by atoms with van der Waals surface area (Å²) in [6.07, 6.45) is 1.99. The lowest BCUT2D eigenvalue weighted by Gasteiger charge is -2.05. The number of carbonyl (C=O) groups is 1. The summed E-state index contributed by atoms with van der Waals surface area (Å²) in [5.74, 6) is 1.24. The SMILES string of the molecule is CCCc1sc(NC(=O)CSCc2ccccc2)nc1-c1ccc(-c2ccccc2)cc1. The highest BCUT2D eigenvalue weighted by Crippen LogP contribution is 2.33. The van der Waals surface area contributed by atoms with E-state index >= 15 is 0 Å². The highest BCUT2D eigenvalue weighted by atomic mass is 32.2. The number of hydrogen-bond acceptors (Lipinski definition) is 4. The van der Waals surface area contributed by atoms with Crippen LogP contribution < -0.4 is 5.32 Å². The average Bonchev–Trinajstić information content (AvgIpc) is 3.22. The van der Waals surface area contributed by atoms with Crippen LogP contribution in [0, 0.1) is 0 Å². The van der Waals surface area contributed by atoms with Crippen molar-refractivity contribution in [3.8, 4) is 22.4 Å². The molecule has 0 fully saturated rings. The molecule has 0 unspecified atom stereocenters. The minimum absolute atomic E-state index is 0.00583. The molecule has 1 amide bonds. The minimum Gasteiger partial charge on any atom is -0.301 e. The molecule has 0 saturated carbocycles. The van der Waals surface area contributed by atoms with Gasteiger partial charge in [-0.3, -0.25) is 4.79 Å². The van der Waals surface area contributed by atoms with Crippen LogP contribution in [0.1, 0.15) is 23.8 Å². The maximum Gasteiger partial charge on any atom is 0.236 e. The van der Waals surface area contributed by atoms with Gasteiger partial charge in [-0.25, -0.2) is 4.98 Å². The molecule has 0 aliphatic carbocycles. The third-order valence-electron chi connectivity index (χ3n) is 5.03. The fourth-order valence-corrected chi connectivity index (χ4v) is 5.36. The lowest BCUT2D eigenvalue weighted by molar-refractivity contribution is -0.113. The number of nitrogens with one attached hydrogen (secondary N) is 1. The first-order chi connectivity index (χ1) is 15.7. The quantitative estimate of drug-likeness (QED) is 0.286. The van der Waals surface area contributed by atoms with E-state index in [0.717, 1.165) is 29.9 Å². The monoisotopic (exact) mass is 458 g/mol. The van der Waals surface area contributed by atoms with E-state index in [-0.39, 0.29) is 5.91 Å². The first-order valence-corrected chi connectivity index (χ1v) is 12.8. The van der Waals surface area contributed by atoms with Crippen molar-refractivity contribution in [1.82, 2.24) is 4.98 Å². The van der Waals surface area contributed by atoms with Crippen molar-refractivity contribution in [2.24, 2.45) is 0 Å². The number of nitrogens with zero attached hydrogens (tertiary/aromatic N) is 1. The van der Waals surface area contributed by atoms with Gasteiger partial charge in [-0.05, 0) is 23.1 Å². The van der Waals surface area contributed by atoms with Crippen LogP contribution in [0.3, 0.4) is 0 Å². The fraction of sp³-hybridized carbons (Fsp3) is 0.185. The van der Waals surface area contributed by atoms with E-state index in [9.17, 15) is 4.79 Å². The normalized spacial score (nSPS) is 10.8. The van der Waals surface area contributed by atoms with Gasteiger partial charge in [0, 0.05) is 16.2 Å². The van der Waals surface area contributed by atoms with Crippen molar-refractivity contribution in [2.75, 3.05) is 11.1 Å². The molecule has 5 heteroatoms. The molecule has 0 spiro atoms. The topological polar surface area (TPSA) is 42.0 Å². The Morgan fingerprint density at radius 1 is 0.875 bits per heavy atom. The summed E-state index contributed by atoms with van der Waals surface area (Å²) in [4.78, 5) is 18.5. The summed E-state index contributed by atoms with van der Waals surface area (Å²) in [5, 5.41) is 3.68. The van der Waals surface area contributed by atoms with Gasteiger partial charge in [0.15, 0.2) is 5.13 Å². The van der Waals surface area contributed by atoms with Crippen LogP contribution in [-0.4, -0.2) is 16.6 Å². The van der Waals surface area contributed by atoms with Crippen molar-refractivity contribution in [3.63, 3.8) is 0 Å². The van der Waals surface area contributed by atoms with Gasteiger partial charge in [-0.2, -0.15) is 0 Å². The summed E-state index contributed by atoms with van der Waals surface area (Å²) < 4.78 is 0. The molecule has 162 valence electrons. The molecular formula is C27H26N2OS2. The van der Waals surface area contributed by atoms with Gasteiger partial charge in [0.25, 0.3) is 0 Å². The van der Waals surface area contributed by atoms with Gasteiger partial charge in [-0.1, -0.05) is 98.3 Å². The summed E-state index contributed by atoms with van der Waals surface area (Å²) in [6.45, 7) is 2.17. The molecule has 0 atom stereocenters. The molecule has 32 heavy (non-hydrogen) atoms. The van der Waals surface area contributed by atoms with E-state index < -0.39 is 0 Å². The first kappa shape index (κ1) is 22.3. The summed E-state index contributed by atoms with van der Waals surface area (Å²) in [5.41, 5.74) is 5.68. The number of aromatic nitrogens is 1. The molecule has 1 heterocycles. The lowest BCUT2D eigenvalue weighted by atomic mass is 10.0. The van der Waals surface area contributed by atoms with Gasteiger partial charge >= 0.3 is 0 Å². The van der Waals surface area contributed by atoms with Gasteiger partial charge in [0.2, 0.25) is 5.91 Å². The second-order valence-electron chi connectivity index (χ2n) is 7.51. The molecular weight excluding hydrogens is 432 g/mol. The number of anilines is 1. The van der Waals surface area contributed by atoms with Crippen LogP contribution in [0.5, 0.6) is 0 Å². The number of hydrogen-bond donors (Lipinski definition) is 1. The van der Waals surface area contributed by atoms with Crippen molar-refractivity contribution in [1.29, 1.82) is 0 Å². The van der Waals surface area contributed by atoms with Crippen molar-refractivity contribution >= 4 is 34.1 Å². The zero-order valence-corrected chi connectivity index (χ0v) is 19.7. The standard InChI is InChI=1S/C27H26N2OS2/c1-2-9-24-26(23-16-14-22(15-17-23)21-12-7-4-8-13-21)29-27(32-24)28-25(30)19-31-18-20-10-5-3-6-11-20/h3-8,10-17H,2,9,18-19H2,1H3,(H,28,29,30). The number of benzene rings is 3. The lowest BCUT2D eigenvalue weighted by Crippen LogP contribution is -2.13. The third-order valence-corrected chi connectivity index (χ3v) is 7.07. The molecule has 0 radical (unpaired) electrons. The molecule has 3 aromatic carbocycles. The van der Waals surface area contributed by atoms with Crippen molar-refractivity contribution in [3.05, 3.63) is 95.4 Å². The number of rotatable bonds is 9. The van der Waals surface area contributed by atoms with Crippen LogP contribution in [0.25, 0.3) is 22.4 Å². The molecule has 4 rings (SSSR count). The Morgan fingerprint density at radius 2 is 1.50 bits per heavy atom. The van der Waals surface area contributed by atoms with Crippen molar-refractivity contribution < 1.29 is 4.79 Å². The van der Waals surface area contributed by atoms with E-state index in [1.807, 2.05) is 24.3 Å². The van der Waals surface area contributed by atoms with Crippen LogP contribution in [0.15, 0.2) is 84.9 Å². The molecule has 1 N–H and O–H groups in total. The first-order valence-electron chi connectivity index (χ1n) is 10.8. The molecule has 0 aliphatic rings. The highest BCUT2D eigenvalue weighted by Gasteiger charge is 2.15. The van der Waals surface area contributed by atoms with E-state index in [1.54, 1.807) is 23.1 Å². The van der Waals surface area contributed by atoms with Crippen molar-refractivity contribution in [2.45, 2.75) is 25.5 Å². The van der Waals surface area contributed by atoms with Gasteiger partial charge in [-0.15, -0.1) is 23.1 Å². The van der Waals surface area contributed by atoms with Crippen LogP contribution in [-0.2, 0) is 17.0 Å². The second-order valence-corrected chi connectivity index (χ2v) is 9.58. The van der Waals surface area contributed by atoms with Crippen LogP contribution >= 0.6 is 23.1 Å². The highest BCUT2D eigenvalue weighted by molar-refractivity contribution is 7.99. The molecule has 3 nitrogen and oxygen atoms in total. The number of thiazole rings is 1. The summed E-state index contributed by atoms with van der Waals surface area (Å²) >= 11 is 3.20. The zero-order valence-electron chi connectivity index (χ0n) is 18.1. The third kappa shape index (κ3) is 5.87. The van der Waals surface area contributed by atoms with Gasteiger partial charge < -0.3 is 5.32 Å². The Morgan fingerprint density at radius 3 is 2.19 bits per heavy atom. The van der Waals surface area contributed by atoms with Crippen LogP contribution in [0.2, 0.25) is 0 Å². The molecule has 1 aromatic heterocycles. The summed E-state index contributed by atoms with van der Waals surface area (Å²) in [7, 11) is 0. The fourth-order valence-electron chi connectivity index (χ4n) is 3.47. The average molecular weight is 459 g/mol. The number of thioether (sulfide) groups is 1. The molecule has 4 aromatic rings. The number of amides is 1. The minimum atomic E-state index is -0.00583. The Hall–Kier alpha value is -2.89. The predicted molar refractivity (Wildman–Crippen MR) is 138 cm³/mol. The van der Waals surface area contributed by atoms with E-state index in [1.165, 1.54) is 21.6 Å². The predicted octanol–water partition coefficient (Wildman–Crippen LogP) is 7.30. The van der Waals surface area contributed by atoms with E-state index in [0.29, 0.717) is 10.9 Å². The van der Waals surface area contributed by atoms with Gasteiger partial charge in [0.05, 0.1) is 11.4 Å². The second kappa shape index (κ2) is 11.1. The zero-order chi connectivity index (χ0) is 22.2. The molecule has 0 saturated heterocycles. The number of carbonyl (C=O) groups excluding carboxylic acids is 1. The number of aryl methyl sites for hydroxylation is 1. The Labute approximate surface area is 197 Å². The maximum absolute atomic E-state index is 12.5. The Bertz CT molecular complexity index is 1140. The van der Waals surface area contributed by atoms with Gasteiger partial charge in [0.1, 0.15) is 0 Å². The molecule has 0 bridgehead atoms. The van der Waals surface area contributed by atoms with E-state index in [4.69, 9.17) is 4.98 Å². The Kier molecular flexibility index (Phi) is 7.75. The maximum atomic E-state index is 12.5. The largest absolute Gasteiger partial charge is 0.301 e. The van der Waals surface area contributed by atoms with E-state index in [2.05, 4.69) is 72.9 Å². The summed E-state index contributed by atoms with van der Waals surface area (Å²) in [6, 6.07) is 29.1. The Balaban J connectivity index is 1.43. The smallest absolute Gasteiger partial charge is 0.236 e. The molecule has 0 aliphatic heterocycles. The van der Waals surface area contributed by atoms with Crippen LogP contribution in [0.4, 0.5) is 5.13 Å².